The first-order valence-corrected chi connectivity index (χ1v) is 13.4. The highest BCUT2D eigenvalue weighted by Gasteiger charge is 2.54. The molecule has 2 aliphatic heterocycles. The number of allylic oxidation sites excluding steroid dienone is 1. The van der Waals surface area contributed by atoms with E-state index in [0.717, 1.165) is 19.6 Å². The van der Waals surface area contributed by atoms with E-state index in [4.69, 9.17) is 4.74 Å². The second-order valence-corrected chi connectivity index (χ2v) is 11.3. The van der Waals surface area contributed by atoms with Gasteiger partial charge in [0.2, 0.25) is 0 Å². The molecule has 0 amide bonds. The van der Waals surface area contributed by atoms with E-state index >= 15 is 0 Å². The Bertz CT molecular complexity index is 1270. The molecule has 9 nitrogen and oxygen atoms in total. The fourth-order valence-electron chi connectivity index (χ4n) is 6.28. The second-order valence-electron chi connectivity index (χ2n) is 11.3. The molecule has 0 bridgehead atoms. The Hall–Kier alpha value is -3.72. The van der Waals surface area contributed by atoms with E-state index in [1.54, 1.807) is 26.8 Å². The van der Waals surface area contributed by atoms with Crippen molar-refractivity contribution in [2.45, 2.75) is 59.2 Å². The van der Waals surface area contributed by atoms with Crippen LogP contribution in [-0.2, 0) is 20.9 Å². The summed E-state index contributed by atoms with van der Waals surface area (Å²) in [6.07, 6.45) is -0.356. The van der Waals surface area contributed by atoms with Crippen LogP contribution in [0.5, 0.6) is 0 Å². The Balaban J connectivity index is 1.63. The minimum absolute atomic E-state index is 0.0555. The number of non-ortho nitro benzene ring substituents is 1. The zero-order valence-electron chi connectivity index (χ0n) is 23.1. The molecule has 39 heavy (non-hydrogen) atoms. The van der Waals surface area contributed by atoms with Gasteiger partial charge in [0.25, 0.3) is 5.69 Å². The lowest BCUT2D eigenvalue weighted by Gasteiger charge is -2.46. The number of carboxylic acids is 1. The van der Waals surface area contributed by atoms with Gasteiger partial charge in [-0.25, -0.2) is 4.79 Å². The molecule has 1 fully saturated rings. The summed E-state index contributed by atoms with van der Waals surface area (Å²) >= 11 is 0. The zero-order chi connectivity index (χ0) is 28.5. The van der Waals surface area contributed by atoms with Crippen LogP contribution in [0.4, 0.5) is 5.69 Å². The van der Waals surface area contributed by atoms with Crippen LogP contribution in [0.25, 0.3) is 0 Å². The van der Waals surface area contributed by atoms with Gasteiger partial charge >= 0.3 is 11.9 Å². The number of nitrogens with zero attached hydrogens (tertiary/aromatic N) is 2. The van der Waals surface area contributed by atoms with Gasteiger partial charge in [-0.2, -0.15) is 0 Å². The number of likely N-dealkylation sites (tertiary alicyclic amines) is 1. The summed E-state index contributed by atoms with van der Waals surface area (Å²) in [5, 5.41) is 25.1. The van der Waals surface area contributed by atoms with Crippen LogP contribution in [0, 0.1) is 27.4 Å². The number of piperidine rings is 1. The highest BCUT2D eigenvalue weighted by Crippen LogP contribution is 2.49. The number of ether oxygens (including phenoxy) is 1. The van der Waals surface area contributed by atoms with Crippen LogP contribution in [0.2, 0.25) is 0 Å². The van der Waals surface area contributed by atoms with Gasteiger partial charge in [0.05, 0.1) is 15.9 Å². The number of esters is 1. The largest absolute Gasteiger partial charge is 0.481 e. The summed E-state index contributed by atoms with van der Waals surface area (Å²) in [7, 11) is 0. The molecule has 2 aromatic carbocycles. The minimum Gasteiger partial charge on any atom is -0.481 e. The van der Waals surface area contributed by atoms with Crippen molar-refractivity contribution in [3.05, 3.63) is 87.1 Å². The molecular weight excluding hydrogens is 498 g/mol. The standard InChI is InChI=1S/C30H37N3O6/c1-18-15-32(17-22-10-7-6-8-11-22)16-19(2)27(18)39-28(34)25-20(3)31-21(4)30(5,29(35)36)26(25)23-12-9-13-24(14-23)33(37)38/h6-14,18-19,21,26-27,31H,15-17H2,1-5H3,(H,35,36). The van der Waals surface area contributed by atoms with Crippen LogP contribution in [-0.4, -0.2) is 52.1 Å². The van der Waals surface area contributed by atoms with Crippen LogP contribution >= 0.6 is 0 Å². The van der Waals surface area contributed by atoms with Crippen molar-refractivity contribution in [3.63, 3.8) is 0 Å². The lowest BCUT2D eigenvalue weighted by atomic mass is 9.63. The van der Waals surface area contributed by atoms with Gasteiger partial charge < -0.3 is 15.2 Å². The Labute approximate surface area is 229 Å². The summed E-state index contributed by atoms with van der Waals surface area (Å²) in [6, 6.07) is 15.6. The third-order valence-corrected chi connectivity index (χ3v) is 8.43. The van der Waals surface area contributed by atoms with Gasteiger partial charge in [0.1, 0.15) is 6.10 Å². The van der Waals surface area contributed by atoms with E-state index < -0.39 is 34.2 Å². The number of hydrogen-bond donors (Lipinski definition) is 2. The topological polar surface area (TPSA) is 122 Å². The van der Waals surface area contributed by atoms with Crippen molar-refractivity contribution in [3.8, 4) is 0 Å². The molecule has 0 aromatic heterocycles. The number of nitro benzene ring substituents is 1. The molecule has 2 N–H and O–H groups in total. The second kappa shape index (κ2) is 11.2. The van der Waals surface area contributed by atoms with Crippen LogP contribution in [0.3, 0.4) is 0 Å². The predicted octanol–water partition coefficient (Wildman–Crippen LogP) is 4.73. The van der Waals surface area contributed by atoms with Crippen molar-refractivity contribution in [1.82, 2.24) is 10.2 Å². The molecule has 2 aliphatic rings. The normalized spacial score (nSPS) is 29.4. The highest BCUT2D eigenvalue weighted by molar-refractivity contribution is 5.94. The molecule has 2 heterocycles. The van der Waals surface area contributed by atoms with Gasteiger partial charge in [-0.05, 0) is 31.9 Å². The van der Waals surface area contributed by atoms with E-state index in [-0.39, 0.29) is 29.2 Å². The number of aliphatic carboxylic acids is 1. The van der Waals surface area contributed by atoms with Gasteiger partial charge in [0.15, 0.2) is 0 Å². The van der Waals surface area contributed by atoms with Gasteiger partial charge in [-0.15, -0.1) is 0 Å². The van der Waals surface area contributed by atoms with E-state index in [0.29, 0.717) is 11.3 Å². The lowest BCUT2D eigenvalue weighted by molar-refractivity contribution is -0.384. The third kappa shape index (κ3) is 5.54. The molecule has 0 saturated carbocycles. The molecule has 5 atom stereocenters. The van der Waals surface area contributed by atoms with E-state index in [1.807, 2.05) is 18.2 Å². The average Bonchev–Trinajstić information content (AvgIpc) is 2.88. The summed E-state index contributed by atoms with van der Waals surface area (Å²) in [5.74, 6) is -2.52. The van der Waals surface area contributed by atoms with Crippen molar-refractivity contribution < 1.29 is 24.4 Å². The molecule has 208 valence electrons. The van der Waals surface area contributed by atoms with Crippen molar-refractivity contribution >= 4 is 17.6 Å². The SMILES string of the molecule is CC1=C(C(=O)OC2C(C)CN(Cc3ccccc3)CC2C)C(c2cccc([N+](=O)[O-])c2)C(C)(C(=O)O)C(C)N1. The fourth-order valence-corrected chi connectivity index (χ4v) is 6.28. The molecule has 0 radical (unpaired) electrons. The van der Waals surface area contributed by atoms with Crippen LogP contribution < -0.4 is 5.32 Å². The minimum atomic E-state index is -1.46. The Morgan fingerprint density at radius 2 is 1.74 bits per heavy atom. The molecule has 4 rings (SSSR count). The van der Waals surface area contributed by atoms with Crippen molar-refractivity contribution in [2.75, 3.05) is 13.1 Å². The highest BCUT2D eigenvalue weighted by atomic mass is 16.6. The van der Waals surface area contributed by atoms with Crippen molar-refractivity contribution in [1.29, 1.82) is 0 Å². The maximum Gasteiger partial charge on any atom is 0.336 e. The molecule has 5 unspecified atom stereocenters. The summed E-state index contributed by atoms with van der Waals surface area (Å²) < 4.78 is 6.17. The molecule has 2 aromatic rings. The first-order chi connectivity index (χ1) is 18.4. The Kier molecular flexibility index (Phi) is 8.11. The first kappa shape index (κ1) is 28.3. The summed E-state index contributed by atoms with van der Waals surface area (Å²) in [4.78, 5) is 39.9. The Morgan fingerprint density at radius 1 is 1.10 bits per heavy atom. The van der Waals surface area contributed by atoms with Gasteiger partial charge in [-0.1, -0.05) is 56.3 Å². The molecular formula is C30H37N3O6. The van der Waals surface area contributed by atoms with Crippen molar-refractivity contribution in [2.24, 2.45) is 17.3 Å². The molecule has 1 saturated heterocycles. The smallest absolute Gasteiger partial charge is 0.336 e. The maximum absolute atomic E-state index is 13.9. The zero-order valence-corrected chi connectivity index (χ0v) is 23.1. The van der Waals surface area contributed by atoms with E-state index in [1.165, 1.54) is 23.8 Å². The third-order valence-electron chi connectivity index (χ3n) is 8.43. The fraction of sp³-hybridized carbons (Fsp3) is 0.467. The first-order valence-electron chi connectivity index (χ1n) is 13.4. The number of nitrogens with one attached hydrogen (secondary N) is 1. The number of carbonyl (C=O) groups is 2. The molecule has 0 aliphatic carbocycles. The average molecular weight is 536 g/mol. The number of hydrogen-bond acceptors (Lipinski definition) is 7. The number of benzene rings is 2. The maximum atomic E-state index is 13.9. The lowest BCUT2D eigenvalue weighted by Crippen LogP contribution is -2.55. The van der Waals surface area contributed by atoms with Gasteiger partial charge in [-0.3, -0.25) is 19.8 Å². The van der Waals surface area contributed by atoms with E-state index in [2.05, 4.69) is 36.2 Å². The Morgan fingerprint density at radius 3 is 2.33 bits per heavy atom. The molecule has 0 spiro atoms. The van der Waals surface area contributed by atoms with Crippen LogP contribution in [0.15, 0.2) is 65.9 Å². The van der Waals surface area contributed by atoms with Crippen LogP contribution in [0.1, 0.15) is 51.7 Å². The summed E-state index contributed by atoms with van der Waals surface area (Å²) in [6.45, 7) is 11.5. The number of nitro groups is 1. The molecule has 9 heteroatoms. The van der Waals surface area contributed by atoms with E-state index in [9.17, 15) is 24.8 Å². The number of carbonyl (C=O) groups excluding carboxylic acids is 1. The summed E-state index contributed by atoms with van der Waals surface area (Å²) in [5.41, 5.74) is 0.717. The van der Waals surface area contributed by atoms with Gasteiger partial charge in [0, 0.05) is 61.3 Å². The number of carboxylic acid groups (broad SMARTS) is 1. The predicted molar refractivity (Wildman–Crippen MR) is 147 cm³/mol. The quantitative estimate of drug-likeness (QED) is 0.296. The number of rotatable bonds is 7. The monoisotopic (exact) mass is 535 g/mol.